The molecule has 0 aliphatic carbocycles. The number of thioether (sulfide) groups is 1. The summed E-state index contributed by atoms with van der Waals surface area (Å²) in [6.07, 6.45) is 0.669. The Morgan fingerprint density at radius 3 is 2.70 bits per heavy atom. The monoisotopic (exact) mass is 394 g/mol. The lowest BCUT2D eigenvalue weighted by molar-refractivity contribution is -0.113. The molecule has 1 amide bonds. The first-order valence-corrected chi connectivity index (χ1v) is 9.37. The number of nitrogens with one attached hydrogen (secondary N) is 2. The van der Waals surface area contributed by atoms with E-state index in [9.17, 15) is 14.4 Å². The number of methoxy groups -OCH3 is 1. The zero-order chi connectivity index (χ0) is 19.6. The summed E-state index contributed by atoms with van der Waals surface area (Å²) < 4.78 is 11.4. The fourth-order valence-corrected chi connectivity index (χ4v) is 2.98. The predicted octanol–water partition coefficient (Wildman–Crippen LogP) is 1.52. The second-order valence-corrected chi connectivity index (χ2v) is 6.39. The molecule has 2 N–H and O–H groups in total. The average Bonchev–Trinajstić information content (AvgIpc) is 3.01. The van der Waals surface area contributed by atoms with E-state index in [2.05, 4.69) is 15.5 Å². The first-order chi connectivity index (χ1) is 13.0. The standard InChI is InChI=1S/C17H22N4O5S/c1-3-26-15(23)12-5-7-13(8-6-12)18-14(22)11-27-17-20-19-16(24)21(17)9-4-10-25-2/h5-8H,3-4,9-11H2,1-2H3,(H,18,22)(H,19,24). The second-order valence-electron chi connectivity index (χ2n) is 5.44. The maximum Gasteiger partial charge on any atom is 0.343 e. The molecule has 0 aliphatic heterocycles. The molecule has 1 heterocycles. The molecular formula is C17H22N4O5S. The molecule has 0 atom stereocenters. The Balaban J connectivity index is 1.88. The molecule has 0 saturated heterocycles. The van der Waals surface area contributed by atoms with Gasteiger partial charge in [0.2, 0.25) is 5.91 Å². The molecule has 27 heavy (non-hydrogen) atoms. The van der Waals surface area contributed by atoms with Crippen LogP contribution in [-0.2, 0) is 20.8 Å². The van der Waals surface area contributed by atoms with Crippen molar-refractivity contribution >= 4 is 29.3 Å². The normalized spacial score (nSPS) is 10.6. The topological polar surface area (TPSA) is 115 Å². The number of aromatic amines is 1. The number of esters is 1. The molecule has 0 bridgehead atoms. The quantitative estimate of drug-likeness (QED) is 0.356. The van der Waals surface area contributed by atoms with Crippen molar-refractivity contribution in [2.24, 2.45) is 0 Å². The molecule has 1 aromatic heterocycles. The third-order valence-corrected chi connectivity index (χ3v) is 4.44. The molecule has 146 valence electrons. The van der Waals surface area contributed by atoms with Gasteiger partial charge in [0.1, 0.15) is 0 Å². The van der Waals surface area contributed by atoms with E-state index >= 15 is 0 Å². The minimum Gasteiger partial charge on any atom is -0.462 e. The first kappa shape index (κ1) is 20.7. The van der Waals surface area contributed by atoms with E-state index in [1.54, 1.807) is 38.3 Å². The van der Waals surface area contributed by atoms with E-state index in [0.717, 1.165) is 11.8 Å². The Labute approximate surface area is 160 Å². The average molecular weight is 394 g/mol. The van der Waals surface area contributed by atoms with Crippen molar-refractivity contribution in [3.8, 4) is 0 Å². The van der Waals surface area contributed by atoms with Crippen LogP contribution in [0.4, 0.5) is 5.69 Å². The highest BCUT2D eigenvalue weighted by atomic mass is 32.2. The smallest absolute Gasteiger partial charge is 0.343 e. The van der Waals surface area contributed by atoms with Gasteiger partial charge in [0.05, 0.1) is 17.9 Å². The molecule has 0 unspecified atom stereocenters. The molecule has 0 saturated carbocycles. The number of ether oxygens (including phenoxy) is 2. The van der Waals surface area contributed by atoms with Gasteiger partial charge in [-0.2, -0.15) is 0 Å². The molecular weight excluding hydrogens is 372 g/mol. The second kappa shape index (κ2) is 10.5. The molecule has 0 radical (unpaired) electrons. The summed E-state index contributed by atoms with van der Waals surface area (Å²) in [7, 11) is 1.59. The minimum absolute atomic E-state index is 0.0915. The van der Waals surface area contributed by atoms with Crippen LogP contribution in [0.3, 0.4) is 0 Å². The highest BCUT2D eigenvalue weighted by Gasteiger charge is 2.12. The number of carbonyl (C=O) groups is 2. The molecule has 0 aliphatic rings. The lowest BCUT2D eigenvalue weighted by atomic mass is 10.2. The first-order valence-electron chi connectivity index (χ1n) is 8.39. The van der Waals surface area contributed by atoms with Gasteiger partial charge in [-0.15, -0.1) is 5.10 Å². The van der Waals surface area contributed by atoms with Crippen LogP contribution in [0.25, 0.3) is 0 Å². The number of carbonyl (C=O) groups excluding carboxylic acids is 2. The van der Waals surface area contributed by atoms with Crippen LogP contribution in [0.1, 0.15) is 23.7 Å². The number of H-pyrrole nitrogens is 1. The summed E-state index contributed by atoms with van der Waals surface area (Å²) in [5.74, 6) is -0.563. The summed E-state index contributed by atoms with van der Waals surface area (Å²) in [6.45, 7) is 3.03. The van der Waals surface area contributed by atoms with Crippen molar-refractivity contribution in [3.05, 3.63) is 40.3 Å². The molecule has 0 fully saturated rings. The van der Waals surface area contributed by atoms with E-state index < -0.39 is 5.97 Å². The minimum atomic E-state index is -0.407. The van der Waals surface area contributed by atoms with Crippen molar-refractivity contribution in [2.75, 3.05) is 31.4 Å². The molecule has 2 aromatic rings. The van der Waals surface area contributed by atoms with E-state index in [1.165, 1.54) is 4.57 Å². The van der Waals surface area contributed by atoms with E-state index in [4.69, 9.17) is 9.47 Å². The van der Waals surface area contributed by atoms with Gasteiger partial charge in [0.15, 0.2) is 5.16 Å². The number of anilines is 1. The van der Waals surface area contributed by atoms with Gasteiger partial charge in [0, 0.05) is 25.9 Å². The Morgan fingerprint density at radius 1 is 1.30 bits per heavy atom. The molecule has 0 spiro atoms. The lowest BCUT2D eigenvalue weighted by Gasteiger charge is -2.07. The number of hydrogen-bond acceptors (Lipinski definition) is 7. The summed E-state index contributed by atoms with van der Waals surface area (Å²) >= 11 is 1.16. The highest BCUT2D eigenvalue weighted by Crippen LogP contribution is 2.15. The number of amides is 1. The SMILES string of the molecule is CCOC(=O)c1ccc(NC(=O)CSc2n[nH]c(=O)n2CCCOC)cc1. The van der Waals surface area contributed by atoms with Gasteiger partial charge >= 0.3 is 11.7 Å². The summed E-state index contributed by atoms with van der Waals surface area (Å²) in [5, 5.41) is 9.50. The number of aromatic nitrogens is 3. The number of hydrogen-bond donors (Lipinski definition) is 2. The largest absolute Gasteiger partial charge is 0.462 e. The fraction of sp³-hybridized carbons (Fsp3) is 0.412. The molecule has 9 nitrogen and oxygen atoms in total. The summed E-state index contributed by atoms with van der Waals surface area (Å²) in [6, 6.07) is 6.43. The number of nitrogens with zero attached hydrogens (tertiary/aromatic N) is 2. The molecule has 2 rings (SSSR count). The van der Waals surface area contributed by atoms with Crippen LogP contribution in [0.15, 0.2) is 34.2 Å². The van der Waals surface area contributed by atoms with Crippen LogP contribution in [0.2, 0.25) is 0 Å². The maximum atomic E-state index is 12.1. The predicted molar refractivity (Wildman–Crippen MR) is 101 cm³/mol. The van der Waals surface area contributed by atoms with E-state index in [0.29, 0.717) is 42.6 Å². The third kappa shape index (κ3) is 6.26. The number of rotatable bonds is 10. The zero-order valence-corrected chi connectivity index (χ0v) is 16.0. The van der Waals surface area contributed by atoms with Crippen LogP contribution >= 0.6 is 11.8 Å². The Morgan fingerprint density at radius 2 is 2.04 bits per heavy atom. The van der Waals surface area contributed by atoms with Gasteiger partial charge in [-0.25, -0.2) is 14.7 Å². The van der Waals surface area contributed by atoms with Crippen LogP contribution < -0.4 is 11.0 Å². The Hall–Kier alpha value is -2.59. The van der Waals surface area contributed by atoms with Gasteiger partial charge in [0.25, 0.3) is 0 Å². The molecule has 10 heteroatoms. The Kier molecular flexibility index (Phi) is 8.08. The molecule has 1 aromatic carbocycles. The van der Waals surface area contributed by atoms with Crippen molar-refractivity contribution in [1.82, 2.24) is 14.8 Å². The van der Waals surface area contributed by atoms with Crippen molar-refractivity contribution in [1.29, 1.82) is 0 Å². The van der Waals surface area contributed by atoms with E-state index in [-0.39, 0.29) is 17.3 Å². The number of benzene rings is 1. The van der Waals surface area contributed by atoms with Crippen molar-refractivity contribution in [3.63, 3.8) is 0 Å². The van der Waals surface area contributed by atoms with Gasteiger partial charge in [-0.1, -0.05) is 11.8 Å². The Bertz CT molecular complexity index is 815. The van der Waals surface area contributed by atoms with Crippen molar-refractivity contribution in [2.45, 2.75) is 25.0 Å². The van der Waals surface area contributed by atoms with Crippen molar-refractivity contribution < 1.29 is 19.1 Å². The van der Waals surface area contributed by atoms with Gasteiger partial charge in [-0.05, 0) is 37.6 Å². The summed E-state index contributed by atoms with van der Waals surface area (Å²) in [4.78, 5) is 35.5. The fourth-order valence-electron chi connectivity index (χ4n) is 2.21. The maximum absolute atomic E-state index is 12.1. The van der Waals surface area contributed by atoms with Gasteiger partial charge < -0.3 is 14.8 Å². The van der Waals surface area contributed by atoms with Crippen LogP contribution in [0, 0.1) is 0 Å². The van der Waals surface area contributed by atoms with E-state index in [1.807, 2.05) is 0 Å². The van der Waals surface area contributed by atoms with Gasteiger partial charge in [-0.3, -0.25) is 9.36 Å². The lowest BCUT2D eigenvalue weighted by Crippen LogP contribution is -2.19. The van der Waals surface area contributed by atoms with Crippen LogP contribution in [0.5, 0.6) is 0 Å². The highest BCUT2D eigenvalue weighted by molar-refractivity contribution is 7.99. The third-order valence-electron chi connectivity index (χ3n) is 3.47. The summed E-state index contributed by atoms with van der Waals surface area (Å²) in [5.41, 5.74) is 0.664. The zero-order valence-electron chi connectivity index (χ0n) is 15.2. The van der Waals surface area contributed by atoms with Crippen LogP contribution in [-0.4, -0.2) is 52.7 Å².